The van der Waals surface area contributed by atoms with Gasteiger partial charge in [-0.15, -0.1) is 0 Å². The number of halogens is 1. The maximum atomic E-state index is 13.1. The van der Waals surface area contributed by atoms with Crippen molar-refractivity contribution in [2.45, 2.75) is 19.3 Å². The van der Waals surface area contributed by atoms with E-state index in [1.165, 1.54) is 23.3 Å². The van der Waals surface area contributed by atoms with Gasteiger partial charge in [-0.1, -0.05) is 24.3 Å². The molecule has 3 aromatic carbocycles. The summed E-state index contributed by atoms with van der Waals surface area (Å²) < 4.78 is 41.3. The van der Waals surface area contributed by atoms with Crippen LogP contribution in [0.1, 0.15) is 16.7 Å². The molecule has 0 aromatic heterocycles. The summed E-state index contributed by atoms with van der Waals surface area (Å²) in [7, 11) is 4.96. The van der Waals surface area contributed by atoms with E-state index in [0.29, 0.717) is 30.6 Å². The summed E-state index contributed by atoms with van der Waals surface area (Å²) in [6, 6.07) is 18.7. The number of hydrogen-bond donors (Lipinski definition) is 0. The average molecular weight is 481 g/mol. The van der Waals surface area contributed by atoms with Crippen LogP contribution in [0.2, 0.25) is 0 Å². The van der Waals surface area contributed by atoms with E-state index < -0.39 is 0 Å². The first kappa shape index (κ1) is 24.9. The zero-order chi connectivity index (χ0) is 24.6. The Labute approximate surface area is 206 Å². The molecule has 0 amide bonds. The molecular weight excluding hydrogens is 447 g/mol. The van der Waals surface area contributed by atoms with Crippen LogP contribution in [0.3, 0.4) is 0 Å². The van der Waals surface area contributed by atoms with Crippen molar-refractivity contribution in [2.24, 2.45) is 11.8 Å². The standard InChI is InChI=1S/C29H33FO5/c1-31-26-10-6-21(16-28(26)32-2)14-23-18-34-19-24(23)15-22-7-11-27(29(17-22)33-3)35-13-12-20-4-8-25(30)9-5-20/h4-11,16-17,23-24H,12-15,18-19H2,1-3H3/t23-,24-/m0/s1. The zero-order valence-corrected chi connectivity index (χ0v) is 20.6. The van der Waals surface area contributed by atoms with Crippen LogP contribution in [0.25, 0.3) is 0 Å². The Balaban J connectivity index is 1.36. The summed E-state index contributed by atoms with van der Waals surface area (Å²) in [4.78, 5) is 0. The highest BCUT2D eigenvalue weighted by Gasteiger charge is 2.29. The van der Waals surface area contributed by atoms with E-state index in [9.17, 15) is 4.39 Å². The van der Waals surface area contributed by atoms with E-state index in [2.05, 4.69) is 24.3 Å². The maximum absolute atomic E-state index is 13.1. The summed E-state index contributed by atoms with van der Waals surface area (Å²) >= 11 is 0. The second-order valence-electron chi connectivity index (χ2n) is 8.87. The molecule has 0 N–H and O–H groups in total. The smallest absolute Gasteiger partial charge is 0.161 e. The molecule has 1 saturated heterocycles. The Hall–Kier alpha value is -3.25. The van der Waals surface area contributed by atoms with Gasteiger partial charge in [0.15, 0.2) is 23.0 Å². The van der Waals surface area contributed by atoms with Gasteiger partial charge in [-0.2, -0.15) is 0 Å². The van der Waals surface area contributed by atoms with E-state index in [4.69, 9.17) is 23.7 Å². The molecule has 186 valence electrons. The third-order valence-corrected chi connectivity index (χ3v) is 6.56. The average Bonchev–Trinajstić information content (AvgIpc) is 3.31. The van der Waals surface area contributed by atoms with Crippen molar-refractivity contribution in [3.63, 3.8) is 0 Å². The van der Waals surface area contributed by atoms with E-state index in [1.807, 2.05) is 12.1 Å². The van der Waals surface area contributed by atoms with E-state index in [-0.39, 0.29) is 5.82 Å². The van der Waals surface area contributed by atoms with Crippen molar-refractivity contribution in [1.29, 1.82) is 0 Å². The van der Waals surface area contributed by atoms with E-state index >= 15 is 0 Å². The van der Waals surface area contributed by atoms with Crippen molar-refractivity contribution in [2.75, 3.05) is 41.2 Å². The summed E-state index contributed by atoms with van der Waals surface area (Å²) in [6.45, 7) is 1.99. The zero-order valence-electron chi connectivity index (χ0n) is 20.6. The lowest BCUT2D eigenvalue weighted by Gasteiger charge is -2.19. The quantitative estimate of drug-likeness (QED) is 0.362. The second-order valence-corrected chi connectivity index (χ2v) is 8.87. The lowest BCUT2D eigenvalue weighted by Crippen LogP contribution is -2.17. The molecule has 3 aromatic rings. The van der Waals surface area contributed by atoms with Crippen molar-refractivity contribution < 1.29 is 28.1 Å². The normalized spacial score (nSPS) is 17.3. The van der Waals surface area contributed by atoms with Gasteiger partial charge in [0.05, 0.1) is 41.2 Å². The molecule has 6 heteroatoms. The molecule has 1 heterocycles. The highest BCUT2D eigenvalue weighted by Crippen LogP contribution is 2.34. The molecule has 1 aliphatic rings. The molecule has 2 atom stereocenters. The number of rotatable bonds is 11. The lowest BCUT2D eigenvalue weighted by atomic mass is 9.85. The molecular formula is C29H33FO5. The third kappa shape index (κ3) is 6.45. The lowest BCUT2D eigenvalue weighted by molar-refractivity contribution is 0.180. The monoisotopic (exact) mass is 480 g/mol. The topological polar surface area (TPSA) is 46.2 Å². The fourth-order valence-corrected chi connectivity index (χ4v) is 4.60. The van der Waals surface area contributed by atoms with Gasteiger partial charge in [0, 0.05) is 6.42 Å². The summed E-state index contributed by atoms with van der Waals surface area (Å²) in [5.41, 5.74) is 3.44. The van der Waals surface area contributed by atoms with Gasteiger partial charge >= 0.3 is 0 Å². The van der Waals surface area contributed by atoms with Gasteiger partial charge in [0.25, 0.3) is 0 Å². The Kier molecular flexibility index (Phi) is 8.48. The van der Waals surface area contributed by atoms with Crippen LogP contribution in [0.15, 0.2) is 60.7 Å². The van der Waals surface area contributed by atoms with Crippen LogP contribution in [0, 0.1) is 17.7 Å². The molecule has 1 fully saturated rings. The minimum atomic E-state index is -0.231. The molecule has 0 aliphatic carbocycles. The Morgan fingerprint density at radius 1 is 0.686 bits per heavy atom. The second kappa shape index (κ2) is 11.9. The van der Waals surface area contributed by atoms with Crippen molar-refractivity contribution in [1.82, 2.24) is 0 Å². The SMILES string of the molecule is COc1ccc(C[C@H]2COC[C@@H]2Cc2ccc(OCCc3ccc(F)cc3)c(OC)c2)cc1OC. The fraction of sp³-hybridized carbons (Fsp3) is 0.379. The van der Waals surface area contributed by atoms with Crippen LogP contribution < -0.4 is 18.9 Å². The Bertz CT molecular complexity index is 1100. The van der Waals surface area contributed by atoms with Crippen LogP contribution in [-0.2, 0) is 24.0 Å². The van der Waals surface area contributed by atoms with Crippen LogP contribution in [0.5, 0.6) is 23.0 Å². The number of benzene rings is 3. The summed E-state index contributed by atoms with van der Waals surface area (Å²) in [5.74, 6) is 3.52. The highest BCUT2D eigenvalue weighted by molar-refractivity contribution is 5.44. The minimum absolute atomic E-state index is 0.231. The number of methoxy groups -OCH3 is 3. The molecule has 0 saturated carbocycles. The van der Waals surface area contributed by atoms with Crippen molar-refractivity contribution >= 4 is 0 Å². The molecule has 35 heavy (non-hydrogen) atoms. The molecule has 0 spiro atoms. The van der Waals surface area contributed by atoms with Crippen LogP contribution >= 0.6 is 0 Å². The highest BCUT2D eigenvalue weighted by atomic mass is 19.1. The summed E-state index contributed by atoms with van der Waals surface area (Å²) in [6.07, 6.45) is 2.53. The van der Waals surface area contributed by atoms with E-state index in [1.54, 1.807) is 33.5 Å². The van der Waals surface area contributed by atoms with Gasteiger partial charge in [0.2, 0.25) is 0 Å². The van der Waals surface area contributed by atoms with Gasteiger partial charge in [-0.05, 0) is 77.8 Å². The first-order valence-corrected chi connectivity index (χ1v) is 11.9. The molecule has 0 bridgehead atoms. The predicted octanol–water partition coefficient (Wildman–Crippen LogP) is 5.52. The molecule has 1 aliphatic heterocycles. The minimum Gasteiger partial charge on any atom is -0.493 e. The molecule has 0 radical (unpaired) electrons. The molecule has 0 unspecified atom stereocenters. The number of hydrogen-bond acceptors (Lipinski definition) is 5. The predicted molar refractivity (Wildman–Crippen MR) is 133 cm³/mol. The Morgan fingerprint density at radius 2 is 1.20 bits per heavy atom. The first-order valence-electron chi connectivity index (χ1n) is 11.9. The van der Waals surface area contributed by atoms with Gasteiger partial charge in [0.1, 0.15) is 5.82 Å². The first-order chi connectivity index (χ1) is 17.1. The van der Waals surface area contributed by atoms with Gasteiger partial charge in [-0.25, -0.2) is 4.39 Å². The van der Waals surface area contributed by atoms with Crippen molar-refractivity contribution in [3.8, 4) is 23.0 Å². The molecule has 5 nitrogen and oxygen atoms in total. The summed E-state index contributed by atoms with van der Waals surface area (Å²) in [5, 5.41) is 0. The van der Waals surface area contributed by atoms with Gasteiger partial charge < -0.3 is 23.7 Å². The van der Waals surface area contributed by atoms with E-state index in [0.717, 1.165) is 48.9 Å². The fourth-order valence-electron chi connectivity index (χ4n) is 4.60. The van der Waals surface area contributed by atoms with Gasteiger partial charge in [-0.3, -0.25) is 0 Å². The van der Waals surface area contributed by atoms with Crippen molar-refractivity contribution in [3.05, 3.63) is 83.2 Å². The van der Waals surface area contributed by atoms with Crippen LogP contribution in [0.4, 0.5) is 4.39 Å². The Morgan fingerprint density at radius 3 is 1.77 bits per heavy atom. The largest absolute Gasteiger partial charge is 0.493 e. The maximum Gasteiger partial charge on any atom is 0.161 e. The van der Waals surface area contributed by atoms with Crippen LogP contribution in [-0.4, -0.2) is 41.2 Å². The molecule has 4 rings (SSSR count). The third-order valence-electron chi connectivity index (χ3n) is 6.56. The number of ether oxygens (including phenoxy) is 5.